The van der Waals surface area contributed by atoms with Gasteiger partial charge in [-0.25, -0.2) is 0 Å². The number of carbonyl (C=O) groups is 4. The van der Waals surface area contributed by atoms with Crippen LogP contribution in [0.1, 0.15) is 214 Å². The van der Waals surface area contributed by atoms with Crippen LogP contribution in [0.5, 0.6) is 0 Å². The van der Waals surface area contributed by atoms with E-state index in [-0.39, 0.29) is 23.6 Å². The normalized spacial score (nSPS) is 12.2. The number of nitrogens with one attached hydrogen (secondary N) is 4. The average Bonchev–Trinajstić information content (AvgIpc) is 3.20. The van der Waals surface area contributed by atoms with Gasteiger partial charge in [-0.05, 0) is 88.7 Å². The van der Waals surface area contributed by atoms with Gasteiger partial charge in [0.1, 0.15) is 12.1 Å². The van der Waals surface area contributed by atoms with Crippen LogP contribution in [-0.4, -0.2) is 61.9 Å². The van der Waals surface area contributed by atoms with E-state index in [1.165, 1.54) is 116 Å². The highest BCUT2D eigenvalue weighted by atomic mass is 16.2. The second-order valence-electron chi connectivity index (χ2n) is 15.9. The van der Waals surface area contributed by atoms with E-state index < -0.39 is 12.1 Å². The average molecular weight is 785 g/mol. The van der Waals surface area contributed by atoms with Gasteiger partial charge in [0.25, 0.3) is 11.8 Å². The predicted octanol–water partition coefficient (Wildman–Crippen LogP) is 9.00. The van der Waals surface area contributed by atoms with Gasteiger partial charge in [0.15, 0.2) is 0 Å². The van der Waals surface area contributed by atoms with Crippen molar-refractivity contribution in [3.05, 3.63) is 35.4 Å². The van der Waals surface area contributed by atoms with Crippen LogP contribution in [0.2, 0.25) is 0 Å². The summed E-state index contributed by atoms with van der Waals surface area (Å²) in [5.74, 6) is -1.11. The molecule has 0 radical (unpaired) electrons. The first-order valence-corrected chi connectivity index (χ1v) is 23.0. The van der Waals surface area contributed by atoms with E-state index in [0.29, 0.717) is 50.1 Å². The summed E-state index contributed by atoms with van der Waals surface area (Å²) in [5, 5.41) is 11.9. The Morgan fingerprint density at radius 2 is 0.714 bits per heavy atom. The minimum atomic E-state index is -0.664. The molecule has 1 aromatic carbocycles. The fourth-order valence-corrected chi connectivity index (χ4v) is 7.03. The van der Waals surface area contributed by atoms with E-state index in [2.05, 4.69) is 35.1 Å². The van der Waals surface area contributed by atoms with E-state index in [9.17, 15) is 19.2 Å². The molecule has 0 heterocycles. The lowest BCUT2D eigenvalue weighted by atomic mass is 10.0. The SMILES string of the molecule is CCCCCCCCCCCCCNC(=O)[C@H](CCCCN)NC(=O)c1ccc(C(=O)N[C@@H](CCCCN)C(=O)NCCCCCCCCCCCCC)cc1. The molecule has 0 fully saturated rings. The zero-order chi connectivity index (χ0) is 40.9. The Balaban J connectivity index is 2.55. The van der Waals surface area contributed by atoms with Gasteiger partial charge in [-0.3, -0.25) is 19.2 Å². The standard InChI is InChI=1S/C46H84N6O4/c1-3-5-7-9-11-13-15-17-19-21-27-37-49-45(55)41(29-23-25-35-47)51-43(53)39-31-33-40(34-32-39)44(54)52-42(30-24-26-36-48)46(56)50-38-28-22-20-18-16-14-12-10-8-6-4-2/h31-34,41-42H,3-30,35-38,47-48H2,1-2H3,(H,49,55)(H,50,56)(H,51,53)(H,52,54)/t41-,42-/m0/s1. The minimum absolute atomic E-state index is 0.180. The van der Waals surface area contributed by atoms with Crippen molar-refractivity contribution in [2.24, 2.45) is 11.5 Å². The van der Waals surface area contributed by atoms with Gasteiger partial charge in [-0.2, -0.15) is 0 Å². The zero-order valence-electron chi connectivity index (χ0n) is 35.9. The molecule has 0 saturated carbocycles. The molecule has 0 spiro atoms. The molecule has 0 aromatic heterocycles. The maximum Gasteiger partial charge on any atom is 0.251 e. The first kappa shape index (κ1) is 51.0. The Labute approximate surface area is 342 Å². The Kier molecular flexibility index (Phi) is 33.1. The number of unbranched alkanes of at least 4 members (excludes halogenated alkanes) is 22. The van der Waals surface area contributed by atoms with Crippen LogP contribution in [-0.2, 0) is 9.59 Å². The molecule has 0 aliphatic carbocycles. The smallest absolute Gasteiger partial charge is 0.251 e. The topological polar surface area (TPSA) is 168 Å². The number of benzene rings is 1. The van der Waals surface area contributed by atoms with E-state index in [0.717, 1.165) is 51.4 Å². The van der Waals surface area contributed by atoms with Crippen LogP contribution in [0.4, 0.5) is 0 Å². The summed E-state index contributed by atoms with van der Waals surface area (Å²) in [6, 6.07) is 5.01. The van der Waals surface area contributed by atoms with E-state index in [4.69, 9.17) is 11.5 Å². The summed E-state index contributed by atoms with van der Waals surface area (Å²) in [4.78, 5) is 52.7. The molecule has 10 heteroatoms. The molecule has 10 nitrogen and oxygen atoms in total. The van der Waals surface area contributed by atoms with Crippen molar-refractivity contribution in [3.8, 4) is 0 Å². The highest BCUT2D eigenvalue weighted by Gasteiger charge is 2.23. The fourth-order valence-electron chi connectivity index (χ4n) is 7.03. The van der Waals surface area contributed by atoms with E-state index >= 15 is 0 Å². The van der Waals surface area contributed by atoms with Gasteiger partial charge in [-0.1, -0.05) is 142 Å². The predicted molar refractivity (Wildman–Crippen MR) is 234 cm³/mol. The number of hydrogen-bond donors (Lipinski definition) is 6. The molecule has 1 aromatic rings. The first-order chi connectivity index (χ1) is 27.4. The summed E-state index contributed by atoms with van der Waals surface area (Å²) in [6.07, 6.45) is 31.4. The van der Waals surface area contributed by atoms with E-state index in [1.807, 2.05) is 0 Å². The Morgan fingerprint density at radius 1 is 0.429 bits per heavy atom. The molecule has 1 rings (SSSR count). The van der Waals surface area contributed by atoms with Gasteiger partial charge >= 0.3 is 0 Å². The highest BCUT2D eigenvalue weighted by Crippen LogP contribution is 2.13. The maximum atomic E-state index is 13.2. The molecule has 0 aliphatic heterocycles. The van der Waals surface area contributed by atoms with Crippen molar-refractivity contribution in [3.63, 3.8) is 0 Å². The Bertz CT molecular complexity index is 1040. The van der Waals surface area contributed by atoms with Crippen molar-refractivity contribution in [1.82, 2.24) is 21.3 Å². The molecule has 322 valence electrons. The molecular weight excluding hydrogens is 701 g/mol. The third kappa shape index (κ3) is 26.8. The molecule has 4 amide bonds. The van der Waals surface area contributed by atoms with Crippen LogP contribution >= 0.6 is 0 Å². The molecule has 8 N–H and O–H groups in total. The van der Waals surface area contributed by atoms with Gasteiger partial charge < -0.3 is 32.7 Å². The van der Waals surface area contributed by atoms with Gasteiger partial charge in [0.05, 0.1) is 0 Å². The van der Waals surface area contributed by atoms with Crippen LogP contribution < -0.4 is 32.7 Å². The monoisotopic (exact) mass is 785 g/mol. The molecule has 0 aliphatic rings. The summed E-state index contributed by atoms with van der Waals surface area (Å²) in [6.45, 7) is 6.73. The number of hydrogen-bond acceptors (Lipinski definition) is 6. The summed E-state index contributed by atoms with van der Waals surface area (Å²) in [7, 11) is 0. The second-order valence-corrected chi connectivity index (χ2v) is 15.9. The third-order valence-corrected chi connectivity index (χ3v) is 10.7. The fraction of sp³-hybridized carbons (Fsp3) is 0.783. The molecule has 0 unspecified atom stereocenters. The number of amides is 4. The lowest BCUT2D eigenvalue weighted by Gasteiger charge is -2.19. The number of carbonyl (C=O) groups excluding carboxylic acids is 4. The van der Waals surface area contributed by atoms with Crippen LogP contribution in [0.25, 0.3) is 0 Å². The summed E-state index contributed by atoms with van der Waals surface area (Å²) >= 11 is 0. The van der Waals surface area contributed by atoms with E-state index in [1.54, 1.807) is 24.3 Å². The van der Waals surface area contributed by atoms with Gasteiger partial charge in [0.2, 0.25) is 11.8 Å². The van der Waals surface area contributed by atoms with Crippen LogP contribution in [0.15, 0.2) is 24.3 Å². The zero-order valence-corrected chi connectivity index (χ0v) is 35.9. The summed E-state index contributed by atoms with van der Waals surface area (Å²) < 4.78 is 0. The number of nitrogens with two attached hydrogens (primary N) is 2. The largest absolute Gasteiger partial charge is 0.354 e. The third-order valence-electron chi connectivity index (χ3n) is 10.7. The maximum absolute atomic E-state index is 13.2. The lowest BCUT2D eigenvalue weighted by molar-refractivity contribution is -0.123. The molecule has 2 atom stereocenters. The molecule has 0 saturated heterocycles. The highest BCUT2D eigenvalue weighted by molar-refractivity contribution is 6.00. The van der Waals surface area contributed by atoms with Gasteiger partial charge in [0, 0.05) is 24.2 Å². The van der Waals surface area contributed by atoms with Crippen LogP contribution in [0.3, 0.4) is 0 Å². The molecular formula is C46H84N6O4. The van der Waals surface area contributed by atoms with Crippen molar-refractivity contribution in [2.45, 2.75) is 206 Å². The lowest BCUT2D eigenvalue weighted by Crippen LogP contribution is -2.47. The van der Waals surface area contributed by atoms with Crippen molar-refractivity contribution < 1.29 is 19.2 Å². The number of rotatable bonds is 38. The quantitative estimate of drug-likeness (QED) is 0.0366. The van der Waals surface area contributed by atoms with Crippen LogP contribution in [0, 0.1) is 0 Å². The Hall–Kier alpha value is -2.98. The molecule has 56 heavy (non-hydrogen) atoms. The van der Waals surface area contributed by atoms with Gasteiger partial charge in [-0.15, -0.1) is 0 Å². The Morgan fingerprint density at radius 3 is 1.00 bits per heavy atom. The van der Waals surface area contributed by atoms with Crippen molar-refractivity contribution in [1.29, 1.82) is 0 Å². The summed E-state index contributed by atoms with van der Waals surface area (Å²) in [5.41, 5.74) is 12.1. The molecule has 0 bridgehead atoms. The second kappa shape index (κ2) is 36.4. The first-order valence-electron chi connectivity index (χ1n) is 23.0. The van der Waals surface area contributed by atoms with Crippen molar-refractivity contribution in [2.75, 3.05) is 26.2 Å². The van der Waals surface area contributed by atoms with Crippen molar-refractivity contribution >= 4 is 23.6 Å². The minimum Gasteiger partial charge on any atom is -0.354 e.